The summed E-state index contributed by atoms with van der Waals surface area (Å²) in [5.74, 6) is 0. The van der Waals surface area contributed by atoms with Crippen LogP contribution >= 0.6 is 11.6 Å². The van der Waals surface area contributed by atoms with E-state index in [2.05, 4.69) is 12.6 Å². The molecule has 1 aromatic rings. The number of nitrogens with zero attached hydrogens (tertiary/aromatic N) is 1. The molecule has 0 aromatic heterocycles. The first-order valence-electron chi connectivity index (χ1n) is 2.53. The van der Waals surface area contributed by atoms with E-state index in [1.165, 1.54) is 5.40 Å². The van der Waals surface area contributed by atoms with Gasteiger partial charge >= 0.3 is 51.4 Å². The van der Waals surface area contributed by atoms with Crippen LogP contribution in [-0.2, 0) is 12.6 Å². The Morgan fingerprint density at radius 1 is 1.27 bits per heavy atom. The summed E-state index contributed by atoms with van der Waals surface area (Å²) in [6.07, 6.45) is 0. The average Bonchev–Trinajstić information content (AvgIpc) is 1.91. The fourth-order valence-electron chi connectivity index (χ4n) is 0.415. The maximum Gasteiger partial charge on any atom is 1.00 e. The predicted octanol–water partition coefficient (Wildman–Crippen LogP) is -0.642. The SMILES string of the molecule is Clc1ccccc1.N#C[S-].[K+]. The number of nitriles is 1. The van der Waals surface area contributed by atoms with Crippen LogP contribution in [0.2, 0.25) is 5.02 Å². The molecule has 4 heteroatoms. The van der Waals surface area contributed by atoms with Crippen molar-refractivity contribution >= 4 is 24.2 Å². The van der Waals surface area contributed by atoms with Crippen molar-refractivity contribution in [3.63, 3.8) is 0 Å². The van der Waals surface area contributed by atoms with Gasteiger partial charge in [0.15, 0.2) is 0 Å². The summed E-state index contributed by atoms with van der Waals surface area (Å²) in [6, 6.07) is 9.44. The zero-order chi connectivity index (χ0) is 7.82. The van der Waals surface area contributed by atoms with E-state index in [1.807, 2.05) is 30.3 Å². The van der Waals surface area contributed by atoms with Gasteiger partial charge < -0.3 is 12.6 Å². The molecule has 11 heavy (non-hydrogen) atoms. The third-order valence-electron chi connectivity index (χ3n) is 0.733. The van der Waals surface area contributed by atoms with Crippen LogP contribution in [-0.4, -0.2) is 0 Å². The summed E-state index contributed by atoms with van der Waals surface area (Å²) in [5, 5.41) is 9.26. The summed E-state index contributed by atoms with van der Waals surface area (Å²) in [7, 11) is 0. The Balaban J connectivity index is 0. The number of hydrogen-bond acceptors (Lipinski definition) is 2. The van der Waals surface area contributed by atoms with Crippen LogP contribution in [0, 0.1) is 10.7 Å². The molecule has 0 fully saturated rings. The molecule has 0 aliphatic heterocycles. The van der Waals surface area contributed by atoms with E-state index >= 15 is 0 Å². The molecule has 0 saturated carbocycles. The van der Waals surface area contributed by atoms with Crippen molar-refractivity contribution in [2.24, 2.45) is 0 Å². The number of thiocyanates is 1. The molecule has 0 radical (unpaired) electrons. The molecule has 0 aliphatic rings. The smallest absolute Gasteiger partial charge is 0.696 e. The monoisotopic (exact) mass is 209 g/mol. The summed E-state index contributed by atoms with van der Waals surface area (Å²) >= 11 is 9.24. The number of hydrogen-bond donors (Lipinski definition) is 0. The molecule has 0 spiro atoms. The van der Waals surface area contributed by atoms with Gasteiger partial charge in [0.2, 0.25) is 0 Å². The first kappa shape index (κ1) is 14.4. The summed E-state index contributed by atoms with van der Waals surface area (Å²) in [6.45, 7) is 0. The van der Waals surface area contributed by atoms with Crippen molar-refractivity contribution in [2.75, 3.05) is 0 Å². The largest absolute Gasteiger partial charge is 1.00 e. The molecule has 0 heterocycles. The summed E-state index contributed by atoms with van der Waals surface area (Å²) < 4.78 is 0. The average molecular weight is 210 g/mol. The Kier molecular flexibility index (Phi) is 14.2. The van der Waals surface area contributed by atoms with Gasteiger partial charge in [0.25, 0.3) is 0 Å². The second-order valence-electron chi connectivity index (χ2n) is 1.39. The normalized spacial score (nSPS) is 6.18. The first-order valence-corrected chi connectivity index (χ1v) is 3.31. The van der Waals surface area contributed by atoms with Gasteiger partial charge in [-0.25, -0.2) is 5.26 Å². The van der Waals surface area contributed by atoms with Gasteiger partial charge in [0, 0.05) is 5.02 Å². The second-order valence-corrected chi connectivity index (χ2v) is 2.01. The van der Waals surface area contributed by atoms with Crippen LogP contribution in [0.1, 0.15) is 0 Å². The molecule has 1 aromatic carbocycles. The van der Waals surface area contributed by atoms with Gasteiger partial charge in [-0.15, -0.1) is 0 Å². The zero-order valence-corrected chi connectivity index (χ0v) is 10.8. The minimum absolute atomic E-state index is 0. The van der Waals surface area contributed by atoms with E-state index in [1.54, 1.807) is 0 Å². The molecular weight excluding hydrogens is 205 g/mol. The fourth-order valence-corrected chi connectivity index (χ4v) is 0.560. The van der Waals surface area contributed by atoms with E-state index in [0.29, 0.717) is 0 Å². The Morgan fingerprint density at radius 2 is 1.64 bits per heavy atom. The molecule has 0 atom stereocenters. The maximum atomic E-state index is 7.13. The van der Waals surface area contributed by atoms with Crippen LogP contribution < -0.4 is 51.4 Å². The van der Waals surface area contributed by atoms with Crippen LogP contribution in [0.15, 0.2) is 30.3 Å². The van der Waals surface area contributed by atoms with Crippen LogP contribution in [0.4, 0.5) is 0 Å². The Hall–Kier alpha value is 0.856. The van der Waals surface area contributed by atoms with Crippen molar-refractivity contribution in [1.82, 2.24) is 0 Å². The van der Waals surface area contributed by atoms with Crippen molar-refractivity contribution in [3.8, 4) is 5.40 Å². The van der Waals surface area contributed by atoms with E-state index in [-0.39, 0.29) is 51.4 Å². The predicted molar refractivity (Wildman–Crippen MR) is 44.4 cm³/mol. The van der Waals surface area contributed by atoms with Crippen LogP contribution in [0.25, 0.3) is 0 Å². The standard InChI is InChI=1S/C6H5Cl.CHNS.K/c7-6-4-2-1-3-5-6;2-1-3;/h1-5H;3H;/q;;+1/p-1. The molecule has 0 amide bonds. The van der Waals surface area contributed by atoms with E-state index in [9.17, 15) is 0 Å². The molecule has 0 N–H and O–H groups in total. The summed E-state index contributed by atoms with van der Waals surface area (Å²) in [5.41, 5.74) is 0. The van der Waals surface area contributed by atoms with Gasteiger partial charge in [0.1, 0.15) is 0 Å². The van der Waals surface area contributed by atoms with Crippen molar-refractivity contribution in [3.05, 3.63) is 35.4 Å². The molecule has 52 valence electrons. The van der Waals surface area contributed by atoms with E-state index in [0.717, 1.165) is 5.02 Å². The Bertz CT molecular complexity index is 209. The number of halogens is 1. The van der Waals surface area contributed by atoms with Gasteiger partial charge in [-0.3, -0.25) is 0 Å². The van der Waals surface area contributed by atoms with Crippen molar-refractivity contribution in [2.45, 2.75) is 0 Å². The zero-order valence-electron chi connectivity index (χ0n) is 6.12. The van der Waals surface area contributed by atoms with Crippen molar-refractivity contribution < 1.29 is 51.4 Å². The van der Waals surface area contributed by atoms with Crippen LogP contribution in [0.3, 0.4) is 0 Å². The number of rotatable bonds is 0. The minimum Gasteiger partial charge on any atom is -0.696 e. The second kappa shape index (κ2) is 10.9. The van der Waals surface area contributed by atoms with Crippen LogP contribution in [0.5, 0.6) is 0 Å². The molecule has 1 rings (SSSR count). The Morgan fingerprint density at radius 3 is 1.82 bits per heavy atom. The topological polar surface area (TPSA) is 23.8 Å². The third-order valence-corrected chi connectivity index (χ3v) is 0.985. The molecular formula is C7H5ClKNS. The molecule has 0 unspecified atom stereocenters. The fraction of sp³-hybridized carbons (Fsp3) is 0. The molecule has 0 bridgehead atoms. The maximum absolute atomic E-state index is 7.13. The third kappa shape index (κ3) is 10.9. The Labute approximate surface area is 120 Å². The number of benzene rings is 1. The first-order chi connectivity index (χ1) is 4.81. The molecule has 0 aliphatic carbocycles. The van der Waals surface area contributed by atoms with Gasteiger partial charge in [-0.05, 0) is 12.1 Å². The van der Waals surface area contributed by atoms with Crippen molar-refractivity contribution in [1.29, 1.82) is 5.26 Å². The van der Waals surface area contributed by atoms with E-state index in [4.69, 9.17) is 16.9 Å². The van der Waals surface area contributed by atoms with Gasteiger partial charge in [-0.1, -0.05) is 35.2 Å². The van der Waals surface area contributed by atoms with E-state index < -0.39 is 0 Å². The van der Waals surface area contributed by atoms with Gasteiger partial charge in [0.05, 0.1) is 0 Å². The minimum atomic E-state index is 0. The summed E-state index contributed by atoms with van der Waals surface area (Å²) in [4.78, 5) is 0. The molecule has 0 saturated heterocycles. The quantitative estimate of drug-likeness (QED) is 0.323. The van der Waals surface area contributed by atoms with Gasteiger partial charge in [-0.2, -0.15) is 0 Å². The molecule has 1 nitrogen and oxygen atoms in total.